The minimum absolute atomic E-state index is 0.292. The molecule has 0 spiro atoms. The summed E-state index contributed by atoms with van der Waals surface area (Å²) >= 11 is 5.78. The Kier molecular flexibility index (Phi) is 3.97. The van der Waals surface area contributed by atoms with Crippen molar-refractivity contribution >= 4 is 29.1 Å². The molecule has 1 aromatic rings. The summed E-state index contributed by atoms with van der Waals surface area (Å²) in [5, 5.41) is 2.89. The molecule has 0 bridgehead atoms. The summed E-state index contributed by atoms with van der Waals surface area (Å²) in [4.78, 5) is 14.7. The van der Waals surface area contributed by atoms with E-state index in [0.29, 0.717) is 16.4 Å². The third kappa shape index (κ3) is 4.33. The standard InChI is InChI=1S/C12H13ClN2O2/c1-12(2,3)17-11(16)15-8-5-6-9(13)10(7-8)14-4/h5-7H,1-3H3,(H,15,16). The molecule has 17 heavy (non-hydrogen) atoms. The van der Waals surface area contributed by atoms with E-state index < -0.39 is 11.7 Å². The number of hydrogen-bond donors (Lipinski definition) is 1. The first-order chi connectivity index (χ1) is 7.81. The minimum Gasteiger partial charge on any atom is -0.444 e. The van der Waals surface area contributed by atoms with Crippen LogP contribution in [0.1, 0.15) is 20.8 Å². The van der Waals surface area contributed by atoms with Crippen LogP contribution in [0.3, 0.4) is 0 Å². The Morgan fingerprint density at radius 1 is 1.47 bits per heavy atom. The average Bonchev–Trinajstić information content (AvgIpc) is 2.18. The van der Waals surface area contributed by atoms with Crippen LogP contribution in [-0.2, 0) is 4.74 Å². The van der Waals surface area contributed by atoms with Crippen LogP contribution < -0.4 is 5.32 Å². The Labute approximate surface area is 105 Å². The summed E-state index contributed by atoms with van der Waals surface area (Å²) < 4.78 is 5.08. The van der Waals surface area contributed by atoms with Crippen molar-refractivity contribution in [3.63, 3.8) is 0 Å². The summed E-state index contributed by atoms with van der Waals surface area (Å²) in [5.74, 6) is 0. The largest absolute Gasteiger partial charge is 0.444 e. The predicted octanol–water partition coefficient (Wildman–Crippen LogP) is 4.24. The van der Waals surface area contributed by atoms with E-state index in [1.54, 1.807) is 32.9 Å². The fourth-order valence-electron chi connectivity index (χ4n) is 1.10. The molecule has 1 amide bonds. The molecule has 0 saturated heterocycles. The highest BCUT2D eigenvalue weighted by molar-refractivity contribution is 6.33. The zero-order chi connectivity index (χ0) is 13.1. The number of amides is 1. The highest BCUT2D eigenvalue weighted by Crippen LogP contribution is 2.28. The van der Waals surface area contributed by atoms with Crippen molar-refractivity contribution < 1.29 is 9.53 Å². The number of hydrogen-bond acceptors (Lipinski definition) is 2. The summed E-state index contributed by atoms with van der Waals surface area (Å²) in [6, 6.07) is 4.67. The van der Waals surface area contributed by atoms with Gasteiger partial charge in [-0.2, -0.15) is 0 Å². The fourth-order valence-corrected chi connectivity index (χ4v) is 1.26. The van der Waals surface area contributed by atoms with Gasteiger partial charge in [-0.25, -0.2) is 9.64 Å². The number of nitrogens with zero attached hydrogens (tertiary/aromatic N) is 1. The summed E-state index contributed by atoms with van der Waals surface area (Å²) in [6.07, 6.45) is -0.559. The minimum atomic E-state index is -0.559. The summed E-state index contributed by atoms with van der Waals surface area (Å²) in [6.45, 7) is 12.2. The van der Waals surface area contributed by atoms with Gasteiger partial charge in [0.1, 0.15) is 5.60 Å². The quantitative estimate of drug-likeness (QED) is 0.760. The molecule has 0 radical (unpaired) electrons. The Hall–Kier alpha value is -1.73. The van der Waals surface area contributed by atoms with Crippen molar-refractivity contribution in [3.8, 4) is 0 Å². The van der Waals surface area contributed by atoms with Crippen LogP contribution >= 0.6 is 11.6 Å². The van der Waals surface area contributed by atoms with Crippen LogP contribution in [0.5, 0.6) is 0 Å². The van der Waals surface area contributed by atoms with Crippen LogP contribution in [0.2, 0.25) is 5.02 Å². The number of rotatable bonds is 1. The first-order valence-electron chi connectivity index (χ1n) is 4.99. The second-order valence-corrected chi connectivity index (χ2v) is 4.81. The molecule has 1 rings (SSSR count). The van der Waals surface area contributed by atoms with Crippen molar-refractivity contribution in [2.24, 2.45) is 0 Å². The van der Waals surface area contributed by atoms with E-state index in [2.05, 4.69) is 10.2 Å². The number of anilines is 1. The number of carbonyl (C=O) groups is 1. The number of halogens is 1. The predicted molar refractivity (Wildman–Crippen MR) is 67.6 cm³/mol. The molecule has 1 N–H and O–H groups in total. The maximum absolute atomic E-state index is 11.5. The van der Waals surface area contributed by atoms with Crippen molar-refractivity contribution in [3.05, 3.63) is 34.6 Å². The molecule has 0 fully saturated rings. The van der Waals surface area contributed by atoms with Gasteiger partial charge in [0.05, 0.1) is 6.57 Å². The maximum atomic E-state index is 11.5. The lowest BCUT2D eigenvalue weighted by molar-refractivity contribution is 0.0636. The van der Waals surface area contributed by atoms with Gasteiger partial charge in [-0.1, -0.05) is 17.7 Å². The molecule has 0 heterocycles. The second-order valence-electron chi connectivity index (χ2n) is 4.40. The van der Waals surface area contributed by atoms with Crippen molar-refractivity contribution in [2.75, 3.05) is 5.32 Å². The molecule has 90 valence electrons. The highest BCUT2D eigenvalue weighted by Gasteiger charge is 2.16. The zero-order valence-electron chi connectivity index (χ0n) is 9.87. The average molecular weight is 253 g/mol. The first-order valence-corrected chi connectivity index (χ1v) is 5.36. The lowest BCUT2D eigenvalue weighted by Gasteiger charge is -2.19. The number of ether oxygens (including phenoxy) is 1. The van der Waals surface area contributed by atoms with Gasteiger partial charge in [-0.05, 0) is 32.9 Å². The van der Waals surface area contributed by atoms with E-state index in [9.17, 15) is 4.79 Å². The lowest BCUT2D eigenvalue weighted by Crippen LogP contribution is -2.27. The number of nitrogens with one attached hydrogen (secondary N) is 1. The van der Waals surface area contributed by atoms with E-state index in [-0.39, 0.29) is 0 Å². The molecule has 0 atom stereocenters. The second kappa shape index (κ2) is 5.07. The molecule has 5 heteroatoms. The highest BCUT2D eigenvalue weighted by atomic mass is 35.5. The third-order valence-electron chi connectivity index (χ3n) is 1.71. The molecule has 0 saturated carbocycles. The fraction of sp³-hybridized carbons (Fsp3) is 0.333. The molecule has 0 aliphatic rings. The van der Waals surface area contributed by atoms with Gasteiger partial charge in [-0.15, -0.1) is 0 Å². The van der Waals surface area contributed by atoms with Crippen LogP contribution in [0.4, 0.5) is 16.2 Å². The molecule has 0 unspecified atom stereocenters. The molecule has 0 aliphatic carbocycles. The van der Waals surface area contributed by atoms with E-state index in [0.717, 1.165) is 0 Å². The molecule has 0 aromatic heterocycles. The topological polar surface area (TPSA) is 42.7 Å². The zero-order valence-corrected chi connectivity index (χ0v) is 10.6. The Morgan fingerprint density at radius 3 is 2.65 bits per heavy atom. The Balaban J connectivity index is 2.77. The van der Waals surface area contributed by atoms with E-state index in [1.165, 1.54) is 6.07 Å². The van der Waals surface area contributed by atoms with E-state index in [4.69, 9.17) is 22.9 Å². The number of benzene rings is 1. The smallest absolute Gasteiger partial charge is 0.412 e. The van der Waals surface area contributed by atoms with Gasteiger partial charge in [0.15, 0.2) is 0 Å². The summed E-state index contributed by atoms with van der Waals surface area (Å²) in [7, 11) is 0. The molecular weight excluding hydrogens is 240 g/mol. The Bertz CT molecular complexity index is 472. The molecule has 0 aliphatic heterocycles. The third-order valence-corrected chi connectivity index (χ3v) is 2.03. The maximum Gasteiger partial charge on any atom is 0.412 e. The molecular formula is C12H13ClN2O2. The normalized spacial score (nSPS) is 10.5. The first kappa shape index (κ1) is 13.3. The summed E-state index contributed by atoms with van der Waals surface area (Å²) in [5.41, 5.74) is 0.217. The van der Waals surface area contributed by atoms with Gasteiger partial charge in [-0.3, -0.25) is 5.32 Å². The van der Waals surface area contributed by atoms with Crippen LogP contribution in [0.25, 0.3) is 4.85 Å². The number of carbonyl (C=O) groups excluding carboxylic acids is 1. The lowest BCUT2D eigenvalue weighted by atomic mass is 10.2. The molecule has 1 aromatic carbocycles. The van der Waals surface area contributed by atoms with Gasteiger partial charge in [0, 0.05) is 10.7 Å². The van der Waals surface area contributed by atoms with Crippen LogP contribution in [0, 0.1) is 6.57 Å². The Morgan fingerprint density at radius 2 is 2.12 bits per heavy atom. The van der Waals surface area contributed by atoms with Gasteiger partial charge < -0.3 is 4.74 Å². The van der Waals surface area contributed by atoms with E-state index >= 15 is 0 Å². The van der Waals surface area contributed by atoms with Crippen LogP contribution in [-0.4, -0.2) is 11.7 Å². The van der Waals surface area contributed by atoms with Gasteiger partial charge >= 0.3 is 6.09 Å². The monoisotopic (exact) mass is 252 g/mol. The van der Waals surface area contributed by atoms with Gasteiger partial charge in [0.2, 0.25) is 5.69 Å². The van der Waals surface area contributed by atoms with Crippen molar-refractivity contribution in [2.45, 2.75) is 26.4 Å². The SMILES string of the molecule is [C-]#[N+]c1cc(NC(=O)OC(C)(C)C)ccc1Cl. The van der Waals surface area contributed by atoms with Crippen LogP contribution in [0.15, 0.2) is 18.2 Å². The van der Waals surface area contributed by atoms with E-state index in [1.807, 2.05) is 0 Å². The van der Waals surface area contributed by atoms with Gasteiger partial charge in [0.25, 0.3) is 0 Å². The molecule has 4 nitrogen and oxygen atoms in total. The van der Waals surface area contributed by atoms with Crippen molar-refractivity contribution in [1.29, 1.82) is 0 Å². The van der Waals surface area contributed by atoms with Crippen molar-refractivity contribution in [1.82, 2.24) is 0 Å².